The van der Waals surface area contributed by atoms with Crippen molar-refractivity contribution in [3.05, 3.63) is 48.7 Å². The van der Waals surface area contributed by atoms with Gasteiger partial charge in [0, 0.05) is 11.7 Å². The minimum absolute atomic E-state index is 0.209. The van der Waals surface area contributed by atoms with Gasteiger partial charge in [-0.15, -0.1) is 6.58 Å². The van der Waals surface area contributed by atoms with Crippen molar-refractivity contribution < 1.29 is 0 Å². The van der Waals surface area contributed by atoms with Gasteiger partial charge < -0.3 is 5.32 Å². The minimum Gasteiger partial charge on any atom is -0.379 e. The summed E-state index contributed by atoms with van der Waals surface area (Å²) in [4.78, 5) is 0. The lowest BCUT2D eigenvalue weighted by molar-refractivity contribution is 0.449. The highest BCUT2D eigenvalue weighted by atomic mass is 14.9. The summed E-state index contributed by atoms with van der Waals surface area (Å²) in [6, 6.07) is 0.428. The van der Waals surface area contributed by atoms with Crippen LogP contribution in [0.5, 0.6) is 0 Å². The van der Waals surface area contributed by atoms with Gasteiger partial charge in [0.05, 0.1) is 0 Å². The standard InChI is InChI=1S/C15H23N/c1-6-10-15(4,5)12(3)11-14-9-8-13(7-2)16-14/h6-8,11,14,16H,1-2,9-10H2,3-5H3/b12-11+. The molecule has 0 spiro atoms. The topological polar surface area (TPSA) is 12.0 Å². The molecule has 1 heterocycles. The molecule has 0 fully saturated rings. The largest absolute Gasteiger partial charge is 0.379 e. The third-order valence-corrected chi connectivity index (χ3v) is 3.34. The van der Waals surface area contributed by atoms with E-state index >= 15 is 0 Å². The molecule has 1 N–H and O–H groups in total. The molecule has 1 rings (SSSR count). The maximum atomic E-state index is 3.82. The maximum absolute atomic E-state index is 3.82. The molecular weight excluding hydrogens is 194 g/mol. The van der Waals surface area contributed by atoms with Crippen molar-refractivity contribution in [1.29, 1.82) is 0 Å². The maximum Gasteiger partial charge on any atom is 0.0482 e. The molecule has 88 valence electrons. The van der Waals surface area contributed by atoms with Crippen LogP contribution in [0.4, 0.5) is 0 Å². The van der Waals surface area contributed by atoms with Crippen molar-refractivity contribution in [3.8, 4) is 0 Å². The molecule has 0 aromatic heterocycles. The van der Waals surface area contributed by atoms with Crippen LogP contribution in [0.2, 0.25) is 0 Å². The quantitative estimate of drug-likeness (QED) is 0.687. The first kappa shape index (κ1) is 12.8. The van der Waals surface area contributed by atoms with Gasteiger partial charge in [0.1, 0.15) is 0 Å². The van der Waals surface area contributed by atoms with Crippen LogP contribution in [0.15, 0.2) is 48.7 Å². The Bertz CT molecular complexity index is 331. The van der Waals surface area contributed by atoms with Gasteiger partial charge in [-0.05, 0) is 31.3 Å². The van der Waals surface area contributed by atoms with E-state index in [2.05, 4.69) is 51.4 Å². The first-order valence-corrected chi connectivity index (χ1v) is 5.88. The first-order chi connectivity index (χ1) is 7.49. The van der Waals surface area contributed by atoms with Crippen molar-refractivity contribution >= 4 is 0 Å². The second-order valence-corrected chi connectivity index (χ2v) is 5.08. The van der Waals surface area contributed by atoms with E-state index in [9.17, 15) is 0 Å². The summed E-state index contributed by atoms with van der Waals surface area (Å²) in [6.07, 6.45) is 10.5. The fraction of sp³-hybridized carbons (Fsp3) is 0.467. The molecule has 0 aromatic carbocycles. The van der Waals surface area contributed by atoms with E-state index in [0.717, 1.165) is 18.5 Å². The molecule has 1 aliphatic rings. The van der Waals surface area contributed by atoms with Gasteiger partial charge in [-0.3, -0.25) is 0 Å². The Morgan fingerprint density at radius 1 is 1.56 bits per heavy atom. The zero-order valence-corrected chi connectivity index (χ0v) is 10.7. The zero-order chi connectivity index (χ0) is 12.2. The Balaban J connectivity index is 2.65. The average Bonchev–Trinajstić information content (AvgIpc) is 2.65. The normalized spacial score (nSPS) is 21.3. The molecule has 0 aromatic rings. The fourth-order valence-electron chi connectivity index (χ4n) is 1.89. The number of hydrogen-bond acceptors (Lipinski definition) is 1. The highest BCUT2D eigenvalue weighted by Crippen LogP contribution is 2.31. The predicted molar refractivity (Wildman–Crippen MR) is 72.2 cm³/mol. The Labute approximate surface area is 99.6 Å². The van der Waals surface area contributed by atoms with Gasteiger partial charge in [0.25, 0.3) is 0 Å². The molecule has 0 radical (unpaired) electrons. The third kappa shape index (κ3) is 3.13. The number of rotatable bonds is 5. The summed E-state index contributed by atoms with van der Waals surface area (Å²) < 4.78 is 0. The van der Waals surface area contributed by atoms with Crippen LogP contribution < -0.4 is 5.32 Å². The first-order valence-electron chi connectivity index (χ1n) is 5.88. The van der Waals surface area contributed by atoms with Crippen molar-refractivity contribution in [1.82, 2.24) is 5.32 Å². The summed E-state index contributed by atoms with van der Waals surface area (Å²) in [5.74, 6) is 0. The number of allylic oxidation sites excluding steroid dienone is 3. The van der Waals surface area contributed by atoms with Crippen molar-refractivity contribution in [3.63, 3.8) is 0 Å². The Morgan fingerprint density at radius 3 is 2.75 bits per heavy atom. The van der Waals surface area contributed by atoms with Crippen molar-refractivity contribution in [2.24, 2.45) is 5.41 Å². The SMILES string of the molecule is C=CCC(C)(C)/C(C)=C/C1CC=C(C=C)N1. The van der Waals surface area contributed by atoms with Crippen LogP contribution in [0.1, 0.15) is 33.6 Å². The molecule has 1 atom stereocenters. The van der Waals surface area contributed by atoms with Gasteiger partial charge in [0.2, 0.25) is 0 Å². The molecule has 0 amide bonds. The smallest absolute Gasteiger partial charge is 0.0482 e. The second kappa shape index (κ2) is 5.20. The molecule has 0 saturated heterocycles. The lowest BCUT2D eigenvalue weighted by atomic mass is 9.81. The summed E-state index contributed by atoms with van der Waals surface area (Å²) >= 11 is 0. The molecule has 16 heavy (non-hydrogen) atoms. The van der Waals surface area contributed by atoms with Gasteiger partial charge in [0.15, 0.2) is 0 Å². The van der Waals surface area contributed by atoms with Gasteiger partial charge in [-0.1, -0.05) is 44.2 Å². The summed E-state index contributed by atoms with van der Waals surface area (Å²) in [7, 11) is 0. The van der Waals surface area contributed by atoms with Crippen LogP contribution in [-0.2, 0) is 0 Å². The van der Waals surface area contributed by atoms with Crippen LogP contribution in [0.3, 0.4) is 0 Å². The van der Waals surface area contributed by atoms with Gasteiger partial charge in [-0.25, -0.2) is 0 Å². The van der Waals surface area contributed by atoms with Crippen LogP contribution in [0.25, 0.3) is 0 Å². The van der Waals surface area contributed by atoms with Crippen LogP contribution >= 0.6 is 0 Å². The average molecular weight is 217 g/mol. The van der Waals surface area contributed by atoms with Crippen molar-refractivity contribution in [2.45, 2.75) is 39.7 Å². The molecule has 1 heteroatoms. The molecule has 0 aliphatic carbocycles. The fourth-order valence-corrected chi connectivity index (χ4v) is 1.89. The lowest BCUT2D eigenvalue weighted by Crippen LogP contribution is -2.22. The summed E-state index contributed by atoms with van der Waals surface area (Å²) in [5.41, 5.74) is 2.78. The Morgan fingerprint density at radius 2 is 2.25 bits per heavy atom. The van der Waals surface area contributed by atoms with Crippen molar-refractivity contribution in [2.75, 3.05) is 0 Å². The van der Waals surface area contributed by atoms with Crippen LogP contribution in [0, 0.1) is 5.41 Å². The number of nitrogens with one attached hydrogen (secondary N) is 1. The zero-order valence-electron chi connectivity index (χ0n) is 10.7. The third-order valence-electron chi connectivity index (χ3n) is 3.34. The van der Waals surface area contributed by atoms with E-state index in [1.807, 2.05) is 12.2 Å². The van der Waals surface area contributed by atoms with Gasteiger partial charge in [-0.2, -0.15) is 0 Å². The highest BCUT2D eigenvalue weighted by molar-refractivity contribution is 5.25. The Hall–Kier alpha value is -1.24. The van der Waals surface area contributed by atoms with E-state index in [4.69, 9.17) is 0 Å². The summed E-state index contributed by atoms with van der Waals surface area (Å²) in [5, 5.41) is 3.43. The predicted octanol–water partition coefficient (Wildman–Crippen LogP) is 3.97. The lowest BCUT2D eigenvalue weighted by Gasteiger charge is -2.25. The van der Waals surface area contributed by atoms with E-state index in [-0.39, 0.29) is 5.41 Å². The van der Waals surface area contributed by atoms with Gasteiger partial charge >= 0.3 is 0 Å². The second-order valence-electron chi connectivity index (χ2n) is 5.08. The Kier molecular flexibility index (Phi) is 4.17. The number of hydrogen-bond donors (Lipinski definition) is 1. The molecule has 0 bridgehead atoms. The van der Waals surface area contributed by atoms with E-state index in [0.29, 0.717) is 6.04 Å². The van der Waals surface area contributed by atoms with E-state index < -0.39 is 0 Å². The monoisotopic (exact) mass is 217 g/mol. The summed E-state index contributed by atoms with van der Waals surface area (Å²) in [6.45, 7) is 14.3. The molecule has 0 saturated carbocycles. The molecular formula is C15H23N. The molecule has 1 unspecified atom stereocenters. The van der Waals surface area contributed by atoms with E-state index in [1.54, 1.807) is 0 Å². The minimum atomic E-state index is 0.209. The highest BCUT2D eigenvalue weighted by Gasteiger charge is 2.20. The van der Waals surface area contributed by atoms with Crippen LogP contribution in [-0.4, -0.2) is 6.04 Å². The molecule has 1 nitrogen and oxygen atoms in total. The molecule has 1 aliphatic heterocycles. The van der Waals surface area contributed by atoms with E-state index in [1.165, 1.54) is 5.57 Å².